The zero-order valence-electron chi connectivity index (χ0n) is 16.8. The van der Waals surface area contributed by atoms with E-state index < -0.39 is 0 Å². The van der Waals surface area contributed by atoms with Gasteiger partial charge in [-0.15, -0.1) is 0 Å². The Labute approximate surface area is 163 Å². The minimum atomic E-state index is -0.00720. The first-order valence-corrected chi connectivity index (χ1v) is 11.3. The number of carbonyl (C=O) groups is 2. The fourth-order valence-corrected chi connectivity index (χ4v) is 5.95. The van der Waals surface area contributed by atoms with E-state index in [4.69, 9.17) is 4.74 Å². The van der Waals surface area contributed by atoms with Crippen molar-refractivity contribution in [2.45, 2.75) is 89.4 Å². The molecule has 0 aromatic heterocycles. The minimum Gasteiger partial charge on any atom is -0.373 e. The third-order valence-electron chi connectivity index (χ3n) is 7.66. The van der Waals surface area contributed by atoms with Crippen molar-refractivity contribution in [1.82, 2.24) is 10.6 Å². The predicted molar refractivity (Wildman–Crippen MR) is 104 cm³/mol. The second-order valence-corrected chi connectivity index (χ2v) is 9.46. The van der Waals surface area contributed by atoms with E-state index in [1.165, 1.54) is 25.7 Å². The molecule has 2 saturated heterocycles. The first-order chi connectivity index (χ1) is 13.1. The molecule has 1 amide bonds. The topological polar surface area (TPSA) is 67.4 Å². The van der Waals surface area contributed by atoms with Crippen LogP contribution in [0.15, 0.2) is 0 Å². The normalized spacial score (nSPS) is 41.0. The molecule has 0 aromatic rings. The van der Waals surface area contributed by atoms with Crippen molar-refractivity contribution in [2.24, 2.45) is 23.7 Å². The van der Waals surface area contributed by atoms with Gasteiger partial charge in [0.1, 0.15) is 5.78 Å². The van der Waals surface area contributed by atoms with E-state index in [0.717, 1.165) is 45.2 Å². The van der Waals surface area contributed by atoms with Gasteiger partial charge in [-0.2, -0.15) is 0 Å². The summed E-state index contributed by atoms with van der Waals surface area (Å²) in [7, 11) is 0. The Morgan fingerprint density at radius 3 is 2.59 bits per heavy atom. The lowest BCUT2D eigenvalue weighted by atomic mass is 9.71. The SMILES string of the molecule is CC1CCCCC1C1CC(=O)C2CC(NC(=O)C3CCNCC3)CCC2O1. The Morgan fingerprint density at radius 2 is 1.81 bits per heavy atom. The lowest BCUT2D eigenvalue weighted by molar-refractivity contribution is -0.162. The molecule has 0 spiro atoms. The zero-order valence-corrected chi connectivity index (χ0v) is 16.8. The molecule has 27 heavy (non-hydrogen) atoms. The molecule has 0 aromatic carbocycles. The van der Waals surface area contributed by atoms with E-state index >= 15 is 0 Å². The molecular weight excluding hydrogens is 340 g/mol. The van der Waals surface area contributed by atoms with Crippen molar-refractivity contribution in [3.8, 4) is 0 Å². The molecule has 152 valence electrons. The highest BCUT2D eigenvalue weighted by atomic mass is 16.5. The van der Waals surface area contributed by atoms with Crippen LogP contribution in [0.1, 0.15) is 71.1 Å². The van der Waals surface area contributed by atoms with Gasteiger partial charge in [0.25, 0.3) is 0 Å². The number of rotatable bonds is 3. The molecule has 2 heterocycles. The average molecular weight is 377 g/mol. The fraction of sp³-hybridized carbons (Fsp3) is 0.909. The molecule has 2 saturated carbocycles. The Kier molecular flexibility index (Phi) is 6.18. The Balaban J connectivity index is 1.31. The smallest absolute Gasteiger partial charge is 0.223 e. The number of Topliss-reactive ketones (excluding diaryl/α,β-unsaturated/α-hetero) is 1. The summed E-state index contributed by atoms with van der Waals surface area (Å²) < 4.78 is 6.50. The zero-order chi connectivity index (χ0) is 18.8. The number of carbonyl (C=O) groups excluding carboxylic acids is 2. The molecule has 2 aliphatic heterocycles. The molecule has 6 atom stereocenters. The molecule has 4 rings (SSSR count). The highest BCUT2D eigenvalue weighted by Crippen LogP contribution is 2.41. The van der Waals surface area contributed by atoms with Gasteiger partial charge in [0.2, 0.25) is 5.91 Å². The van der Waals surface area contributed by atoms with Crippen LogP contribution in [-0.2, 0) is 14.3 Å². The van der Waals surface area contributed by atoms with Crippen LogP contribution in [0.25, 0.3) is 0 Å². The van der Waals surface area contributed by atoms with Crippen molar-refractivity contribution in [1.29, 1.82) is 0 Å². The molecule has 4 fully saturated rings. The molecule has 0 radical (unpaired) electrons. The summed E-state index contributed by atoms with van der Waals surface area (Å²) in [6, 6.07) is 0.145. The van der Waals surface area contributed by atoms with Crippen molar-refractivity contribution >= 4 is 11.7 Å². The van der Waals surface area contributed by atoms with Crippen LogP contribution in [0.4, 0.5) is 0 Å². The third kappa shape index (κ3) is 4.40. The van der Waals surface area contributed by atoms with Gasteiger partial charge >= 0.3 is 0 Å². The monoisotopic (exact) mass is 376 g/mol. The number of ether oxygens (including phenoxy) is 1. The number of hydrogen-bond donors (Lipinski definition) is 2. The van der Waals surface area contributed by atoms with E-state index in [1.807, 2.05) is 0 Å². The van der Waals surface area contributed by atoms with Gasteiger partial charge in [-0.1, -0.05) is 26.2 Å². The number of fused-ring (bicyclic) bond motifs is 1. The minimum absolute atomic E-state index is 0.00720. The fourth-order valence-electron chi connectivity index (χ4n) is 5.95. The molecule has 0 bridgehead atoms. The first kappa shape index (κ1) is 19.4. The van der Waals surface area contributed by atoms with Crippen molar-refractivity contribution < 1.29 is 14.3 Å². The largest absolute Gasteiger partial charge is 0.373 e. The van der Waals surface area contributed by atoms with Gasteiger partial charge in [-0.25, -0.2) is 0 Å². The molecule has 5 heteroatoms. The van der Waals surface area contributed by atoms with E-state index in [1.54, 1.807) is 0 Å². The Hall–Kier alpha value is -0.940. The van der Waals surface area contributed by atoms with Gasteiger partial charge < -0.3 is 15.4 Å². The summed E-state index contributed by atoms with van der Waals surface area (Å²) in [5.74, 6) is 1.94. The van der Waals surface area contributed by atoms with Crippen LogP contribution in [0.3, 0.4) is 0 Å². The lowest BCUT2D eigenvalue weighted by Crippen LogP contribution is -2.52. The maximum atomic E-state index is 12.9. The number of amides is 1. The molecule has 6 unspecified atom stereocenters. The van der Waals surface area contributed by atoms with Crippen LogP contribution < -0.4 is 10.6 Å². The highest BCUT2D eigenvalue weighted by Gasteiger charge is 2.45. The quantitative estimate of drug-likeness (QED) is 0.795. The summed E-state index contributed by atoms with van der Waals surface area (Å²) in [6.45, 7) is 4.19. The summed E-state index contributed by atoms with van der Waals surface area (Å²) in [5, 5.41) is 6.56. The van der Waals surface area contributed by atoms with Crippen LogP contribution in [-0.4, -0.2) is 43.0 Å². The molecule has 5 nitrogen and oxygen atoms in total. The van der Waals surface area contributed by atoms with E-state index in [9.17, 15) is 9.59 Å². The van der Waals surface area contributed by atoms with E-state index in [-0.39, 0.29) is 36.0 Å². The Morgan fingerprint density at radius 1 is 1.04 bits per heavy atom. The predicted octanol–water partition coefficient (Wildman–Crippen LogP) is 2.82. The van der Waals surface area contributed by atoms with Gasteiger partial charge in [0.05, 0.1) is 12.2 Å². The molecule has 2 aliphatic carbocycles. The summed E-state index contributed by atoms with van der Waals surface area (Å²) in [4.78, 5) is 25.5. The van der Waals surface area contributed by atoms with Crippen LogP contribution in [0, 0.1) is 23.7 Å². The van der Waals surface area contributed by atoms with E-state index in [2.05, 4.69) is 17.6 Å². The summed E-state index contributed by atoms with van der Waals surface area (Å²) >= 11 is 0. The highest BCUT2D eigenvalue weighted by molar-refractivity contribution is 5.83. The number of hydrogen-bond acceptors (Lipinski definition) is 4. The van der Waals surface area contributed by atoms with E-state index in [0.29, 0.717) is 24.0 Å². The molecule has 2 N–H and O–H groups in total. The third-order valence-corrected chi connectivity index (χ3v) is 7.66. The van der Waals surface area contributed by atoms with Gasteiger partial charge in [0, 0.05) is 24.3 Å². The standard InChI is InChI=1S/C22H36N2O3/c1-14-4-2-3-5-17(14)21-13-19(25)18-12-16(6-7-20(18)27-21)24-22(26)15-8-10-23-11-9-15/h14-18,20-21,23H,2-13H2,1H3,(H,24,26). The maximum absolute atomic E-state index is 12.9. The van der Waals surface area contributed by atoms with Crippen LogP contribution >= 0.6 is 0 Å². The molecular formula is C22H36N2O3. The van der Waals surface area contributed by atoms with Crippen molar-refractivity contribution in [3.05, 3.63) is 0 Å². The van der Waals surface area contributed by atoms with Gasteiger partial charge in [-0.3, -0.25) is 9.59 Å². The van der Waals surface area contributed by atoms with Crippen molar-refractivity contribution in [2.75, 3.05) is 13.1 Å². The second kappa shape index (κ2) is 8.60. The van der Waals surface area contributed by atoms with Gasteiger partial charge in [-0.05, 0) is 63.5 Å². The van der Waals surface area contributed by atoms with Gasteiger partial charge in [0.15, 0.2) is 0 Å². The number of nitrogens with one attached hydrogen (secondary N) is 2. The van der Waals surface area contributed by atoms with Crippen LogP contribution in [0.2, 0.25) is 0 Å². The second-order valence-electron chi connectivity index (χ2n) is 9.46. The number of ketones is 1. The lowest BCUT2D eigenvalue weighted by Gasteiger charge is -2.45. The Bertz CT molecular complexity index is 546. The number of piperidine rings is 1. The molecule has 4 aliphatic rings. The summed E-state index contributed by atoms with van der Waals surface area (Å²) in [5.41, 5.74) is 0. The van der Waals surface area contributed by atoms with Crippen molar-refractivity contribution in [3.63, 3.8) is 0 Å². The summed E-state index contributed by atoms with van der Waals surface area (Å²) in [6.07, 6.45) is 10.4. The first-order valence-electron chi connectivity index (χ1n) is 11.3. The average Bonchev–Trinajstić information content (AvgIpc) is 2.69. The van der Waals surface area contributed by atoms with Crippen LogP contribution in [0.5, 0.6) is 0 Å². The maximum Gasteiger partial charge on any atom is 0.223 e.